The van der Waals surface area contributed by atoms with Gasteiger partial charge >= 0.3 is 5.97 Å². The fourth-order valence-electron chi connectivity index (χ4n) is 2.42. The van der Waals surface area contributed by atoms with Gasteiger partial charge in [0, 0.05) is 13.2 Å². The van der Waals surface area contributed by atoms with Crippen molar-refractivity contribution in [2.45, 2.75) is 39.2 Å². The Hall–Kier alpha value is -2.21. The van der Waals surface area contributed by atoms with E-state index in [0.29, 0.717) is 30.7 Å². The van der Waals surface area contributed by atoms with Crippen molar-refractivity contribution in [1.82, 2.24) is 4.90 Å². The number of benzene rings is 1. The summed E-state index contributed by atoms with van der Waals surface area (Å²) in [5.74, 6) is -0.823. The van der Waals surface area contributed by atoms with E-state index in [4.69, 9.17) is 9.47 Å². The van der Waals surface area contributed by atoms with Crippen molar-refractivity contribution < 1.29 is 23.9 Å². The second kappa shape index (κ2) is 7.57. The second-order valence-corrected chi connectivity index (χ2v) is 6.61. The van der Waals surface area contributed by atoms with Gasteiger partial charge in [-0.2, -0.15) is 0 Å². The average molecular weight is 333 g/mol. The molecule has 2 amide bonds. The number of nitrogens with zero attached hydrogens (tertiary/aromatic N) is 1. The molecule has 0 aromatic heterocycles. The van der Waals surface area contributed by atoms with Crippen molar-refractivity contribution >= 4 is 17.8 Å². The van der Waals surface area contributed by atoms with E-state index in [1.54, 1.807) is 24.3 Å². The SMILES string of the molecule is CC(C)(C)OC(=O)CCOCCCN1C(=O)c2ccccc2C1=O. The summed E-state index contributed by atoms with van der Waals surface area (Å²) in [5, 5.41) is 0. The number of fused-ring (bicyclic) bond motifs is 1. The summed E-state index contributed by atoms with van der Waals surface area (Å²) >= 11 is 0. The molecule has 1 aromatic rings. The second-order valence-electron chi connectivity index (χ2n) is 6.61. The van der Waals surface area contributed by atoms with Gasteiger partial charge in [0.2, 0.25) is 0 Å². The number of esters is 1. The van der Waals surface area contributed by atoms with Crippen LogP contribution in [0.2, 0.25) is 0 Å². The van der Waals surface area contributed by atoms with Gasteiger partial charge in [0.15, 0.2) is 0 Å². The molecule has 6 heteroatoms. The van der Waals surface area contributed by atoms with Crippen molar-refractivity contribution in [1.29, 1.82) is 0 Å². The molecule has 0 bridgehead atoms. The first-order chi connectivity index (χ1) is 11.3. The lowest BCUT2D eigenvalue weighted by molar-refractivity contribution is -0.156. The van der Waals surface area contributed by atoms with E-state index in [-0.39, 0.29) is 30.8 Å². The van der Waals surface area contributed by atoms with Gasteiger partial charge in [-0.3, -0.25) is 19.3 Å². The van der Waals surface area contributed by atoms with Crippen molar-refractivity contribution in [2.75, 3.05) is 19.8 Å². The number of rotatable bonds is 7. The summed E-state index contributed by atoms with van der Waals surface area (Å²) in [5.41, 5.74) is 0.407. The first-order valence-electron chi connectivity index (χ1n) is 8.04. The fraction of sp³-hybridized carbons (Fsp3) is 0.500. The third-order valence-corrected chi connectivity index (χ3v) is 3.42. The quantitative estimate of drug-likeness (QED) is 0.435. The van der Waals surface area contributed by atoms with Crippen LogP contribution >= 0.6 is 0 Å². The van der Waals surface area contributed by atoms with Crippen LogP contribution in [0.4, 0.5) is 0 Å². The number of hydrogen-bond acceptors (Lipinski definition) is 5. The van der Waals surface area contributed by atoms with Crippen LogP contribution < -0.4 is 0 Å². The number of carbonyl (C=O) groups is 3. The maximum Gasteiger partial charge on any atom is 0.308 e. The topological polar surface area (TPSA) is 72.9 Å². The lowest BCUT2D eigenvalue weighted by Gasteiger charge is -2.19. The number of carbonyl (C=O) groups excluding carboxylic acids is 3. The van der Waals surface area contributed by atoms with Crippen molar-refractivity contribution in [3.8, 4) is 0 Å². The highest BCUT2D eigenvalue weighted by Crippen LogP contribution is 2.22. The molecule has 0 radical (unpaired) electrons. The minimum Gasteiger partial charge on any atom is -0.460 e. The maximum atomic E-state index is 12.2. The number of imide groups is 1. The lowest BCUT2D eigenvalue weighted by Crippen LogP contribution is -2.31. The van der Waals surface area contributed by atoms with Crippen molar-refractivity contribution in [3.63, 3.8) is 0 Å². The van der Waals surface area contributed by atoms with Crippen LogP contribution in [0.15, 0.2) is 24.3 Å². The van der Waals surface area contributed by atoms with Gasteiger partial charge in [-0.1, -0.05) is 12.1 Å². The largest absolute Gasteiger partial charge is 0.460 e. The van der Waals surface area contributed by atoms with Crippen LogP contribution in [0.25, 0.3) is 0 Å². The van der Waals surface area contributed by atoms with E-state index in [9.17, 15) is 14.4 Å². The minimum absolute atomic E-state index is 0.185. The average Bonchev–Trinajstić information content (AvgIpc) is 2.74. The molecule has 1 aliphatic rings. The maximum absolute atomic E-state index is 12.2. The zero-order valence-electron chi connectivity index (χ0n) is 14.3. The fourth-order valence-corrected chi connectivity index (χ4v) is 2.42. The molecule has 1 aliphatic heterocycles. The summed E-state index contributed by atoms with van der Waals surface area (Å²) in [6, 6.07) is 6.81. The van der Waals surface area contributed by atoms with Gasteiger partial charge in [0.25, 0.3) is 11.8 Å². The van der Waals surface area contributed by atoms with Gasteiger partial charge in [-0.15, -0.1) is 0 Å². The van der Waals surface area contributed by atoms with E-state index in [0.717, 1.165) is 0 Å². The third kappa shape index (κ3) is 4.64. The molecule has 0 saturated heterocycles. The monoisotopic (exact) mass is 333 g/mol. The molecule has 1 aromatic carbocycles. The zero-order chi connectivity index (χ0) is 17.7. The summed E-state index contributed by atoms with van der Waals surface area (Å²) in [7, 11) is 0. The molecule has 0 N–H and O–H groups in total. The number of ether oxygens (including phenoxy) is 2. The Morgan fingerprint density at radius 2 is 1.62 bits per heavy atom. The summed E-state index contributed by atoms with van der Waals surface area (Å²) < 4.78 is 10.5. The Morgan fingerprint density at radius 1 is 1.04 bits per heavy atom. The Morgan fingerprint density at radius 3 is 2.17 bits per heavy atom. The molecule has 1 heterocycles. The van der Waals surface area contributed by atoms with Crippen LogP contribution in [0.3, 0.4) is 0 Å². The standard InChI is InChI=1S/C18H23NO5/c1-18(2,3)24-15(20)9-12-23-11-6-10-19-16(21)13-7-4-5-8-14(13)17(19)22/h4-5,7-8H,6,9-12H2,1-3H3. The highest BCUT2D eigenvalue weighted by atomic mass is 16.6. The molecule has 6 nitrogen and oxygen atoms in total. The van der Waals surface area contributed by atoms with Crippen LogP contribution in [-0.4, -0.2) is 48.0 Å². The van der Waals surface area contributed by atoms with Gasteiger partial charge in [-0.05, 0) is 39.3 Å². The van der Waals surface area contributed by atoms with E-state index < -0.39 is 5.60 Å². The lowest BCUT2D eigenvalue weighted by atomic mass is 10.1. The van der Waals surface area contributed by atoms with Crippen LogP contribution in [0.1, 0.15) is 54.3 Å². The molecule has 0 fully saturated rings. The van der Waals surface area contributed by atoms with Gasteiger partial charge < -0.3 is 9.47 Å². The van der Waals surface area contributed by atoms with E-state index >= 15 is 0 Å². The molecule has 2 rings (SSSR count). The number of amides is 2. The van der Waals surface area contributed by atoms with Gasteiger partial charge in [-0.25, -0.2) is 0 Å². The van der Waals surface area contributed by atoms with E-state index in [1.165, 1.54) is 4.90 Å². The van der Waals surface area contributed by atoms with Gasteiger partial charge in [0.05, 0.1) is 24.2 Å². The highest BCUT2D eigenvalue weighted by molar-refractivity contribution is 6.21. The van der Waals surface area contributed by atoms with Gasteiger partial charge in [0.1, 0.15) is 5.60 Å². The summed E-state index contributed by atoms with van der Waals surface area (Å²) in [4.78, 5) is 37.1. The van der Waals surface area contributed by atoms with Crippen LogP contribution in [-0.2, 0) is 14.3 Å². The molecule has 0 saturated carbocycles. The molecule has 0 unspecified atom stereocenters. The molecular formula is C18H23NO5. The summed E-state index contributed by atoms with van der Waals surface area (Å²) in [6.07, 6.45) is 0.712. The number of hydrogen-bond donors (Lipinski definition) is 0. The molecule has 0 spiro atoms. The molecule has 24 heavy (non-hydrogen) atoms. The molecular weight excluding hydrogens is 310 g/mol. The Kier molecular flexibility index (Phi) is 5.72. The van der Waals surface area contributed by atoms with Crippen molar-refractivity contribution in [3.05, 3.63) is 35.4 Å². The Balaban J connectivity index is 1.66. The highest BCUT2D eigenvalue weighted by Gasteiger charge is 2.34. The first-order valence-corrected chi connectivity index (χ1v) is 8.04. The molecule has 0 atom stereocenters. The first kappa shape index (κ1) is 18.1. The van der Waals surface area contributed by atoms with Crippen LogP contribution in [0, 0.1) is 0 Å². The Bertz CT molecular complexity index is 598. The van der Waals surface area contributed by atoms with Crippen molar-refractivity contribution in [2.24, 2.45) is 0 Å². The predicted octanol–water partition coefficient (Wildman–Crippen LogP) is 2.42. The zero-order valence-corrected chi connectivity index (χ0v) is 14.3. The minimum atomic E-state index is -0.497. The Labute approximate surface area is 141 Å². The normalized spacial score (nSPS) is 14.0. The van der Waals surface area contributed by atoms with E-state index in [1.807, 2.05) is 20.8 Å². The van der Waals surface area contributed by atoms with Crippen LogP contribution in [0.5, 0.6) is 0 Å². The smallest absolute Gasteiger partial charge is 0.308 e. The molecule has 0 aliphatic carbocycles. The third-order valence-electron chi connectivity index (χ3n) is 3.42. The molecule has 130 valence electrons. The predicted molar refractivity (Wildman–Crippen MR) is 87.7 cm³/mol. The summed E-state index contributed by atoms with van der Waals surface area (Å²) in [6.45, 7) is 6.38. The van der Waals surface area contributed by atoms with E-state index in [2.05, 4.69) is 0 Å².